The second-order valence-corrected chi connectivity index (χ2v) is 6.03. The summed E-state index contributed by atoms with van der Waals surface area (Å²) in [6.45, 7) is 5.37. The van der Waals surface area contributed by atoms with Crippen LogP contribution in [0.5, 0.6) is 0 Å². The molecule has 3 N–H and O–H groups in total. The van der Waals surface area contributed by atoms with Crippen LogP contribution in [0.15, 0.2) is 23.2 Å². The number of carbonyl (C=O) groups is 1. The molecule has 0 radical (unpaired) electrons. The van der Waals surface area contributed by atoms with Crippen LogP contribution in [-0.2, 0) is 4.74 Å². The average molecular weight is 389 g/mol. The molecule has 0 bridgehead atoms. The molecule has 1 aromatic rings. The highest BCUT2D eigenvalue weighted by molar-refractivity contribution is 6.42. The van der Waals surface area contributed by atoms with Gasteiger partial charge in [-0.1, -0.05) is 23.2 Å². The lowest BCUT2D eigenvalue weighted by atomic mass is 10.2. The molecular formula is C17H26Cl2N4O2. The number of hydrogen-bond donors (Lipinski definition) is 3. The molecule has 0 unspecified atom stereocenters. The Morgan fingerprint density at radius 3 is 2.48 bits per heavy atom. The van der Waals surface area contributed by atoms with Crippen LogP contribution in [0.4, 0.5) is 0 Å². The lowest BCUT2D eigenvalue weighted by Crippen LogP contribution is -2.41. The SMILES string of the molecule is CCOCCCCNC(=NC)NCCNC(=O)c1ccc(Cl)c(Cl)c1. The fourth-order valence-electron chi connectivity index (χ4n) is 2.00. The Hall–Kier alpha value is -1.50. The van der Waals surface area contributed by atoms with E-state index in [9.17, 15) is 4.79 Å². The maximum Gasteiger partial charge on any atom is 0.251 e. The van der Waals surface area contributed by atoms with E-state index < -0.39 is 0 Å². The van der Waals surface area contributed by atoms with Crippen LogP contribution in [0.25, 0.3) is 0 Å². The number of hydrogen-bond acceptors (Lipinski definition) is 3. The summed E-state index contributed by atoms with van der Waals surface area (Å²) in [4.78, 5) is 16.2. The van der Waals surface area contributed by atoms with Crippen molar-refractivity contribution in [3.63, 3.8) is 0 Å². The van der Waals surface area contributed by atoms with Crippen molar-refractivity contribution < 1.29 is 9.53 Å². The summed E-state index contributed by atoms with van der Waals surface area (Å²) in [5, 5.41) is 9.97. The van der Waals surface area contributed by atoms with Gasteiger partial charge in [0.25, 0.3) is 5.91 Å². The van der Waals surface area contributed by atoms with Crippen molar-refractivity contribution in [3.05, 3.63) is 33.8 Å². The van der Waals surface area contributed by atoms with Gasteiger partial charge in [0.2, 0.25) is 0 Å². The van der Waals surface area contributed by atoms with Gasteiger partial charge in [0.15, 0.2) is 5.96 Å². The molecule has 1 rings (SSSR count). The van der Waals surface area contributed by atoms with Gasteiger partial charge in [-0.2, -0.15) is 0 Å². The van der Waals surface area contributed by atoms with Crippen LogP contribution in [0.3, 0.4) is 0 Å². The van der Waals surface area contributed by atoms with Gasteiger partial charge in [-0.15, -0.1) is 0 Å². The zero-order valence-electron chi connectivity index (χ0n) is 14.7. The van der Waals surface area contributed by atoms with E-state index in [0.717, 1.165) is 32.6 Å². The third kappa shape index (κ3) is 8.95. The van der Waals surface area contributed by atoms with Crippen molar-refractivity contribution in [2.24, 2.45) is 4.99 Å². The molecule has 0 fully saturated rings. The summed E-state index contributed by atoms with van der Waals surface area (Å²) >= 11 is 11.8. The fraction of sp³-hybridized carbons (Fsp3) is 0.529. The first kappa shape index (κ1) is 21.5. The number of guanidine groups is 1. The number of amides is 1. The van der Waals surface area contributed by atoms with Crippen LogP contribution >= 0.6 is 23.2 Å². The van der Waals surface area contributed by atoms with Crippen LogP contribution in [0, 0.1) is 0 Å². The normalized spacial score (nSPS) is 11.3. The van der Waals surface area contributed by atoms with Crippen molar-refractivity contribution >= 4 is 35.1 Å². The van der Waals surface area contributed by atoms with E-state index >= 15 is 0 Å². The lowest BCUT2D eigenvalue weighted by Gasteiger charge is -2.12. The fourth-order valence-corrected chi connectivity index (χ4v) is 2.30. The highest BCUT2D eigenvalue weighted by Crippen LogP contribution is 2.22. The predicted octanol–water partition coefficient (Wildman–Crippen LogP) is 2.70. The molecule has 0 aliphatic carbocycles. The maximum absolute atomic E-state index is 12.0. The number of benzene rings is 1. The quantitative estimate of drug-likeness (QED) is 0.327. The Kier molecular flexibility index (Phi) is 11.0. The number of unbranched alkanes of at least 4 members (excludes halogenated alkanes) is 1. The molecule has 0 heterocycles. The van der Waals surface area contributed by atoms with Crippen LogP contribution < -0.4 is 16.0 Å². The van der Waals surface area contributed by atoms with Crippen molar-refractivity contribution in [2.45, 2.75) is 19.8 Å². The van der Waals surface area contributed by atoms with Gasteiger partial charge in [0.05, 0.1) is 10.0 Å². The summed E-state index contributed by atoms with van der Waals surface area (Å²) < 4.78 is 5.29. The highest BCUT2D eigenvalue weighted by atomic mass is 35.5. The summed E-state index contributed by atoms with van der Waals surface area (Å²) in [5.41, 5.74) is 0.478. The average Bonchev–Trinajstić information content (AvgIpc) is 2.61. The van der Waals surface area contributed by atoms with Gasteiger partial charge < -0.3 is 20.7 Å². The molecule has 8 heteroatoms. The molecule has 0 atom stereocenters. The first-order valence-corrected chi connectivity index (χ1v) is 9.09. The van der Waals surface area contributed by atoms with E-state index in [1.807, 2.05) is 6.92 Å². The summed E-state index contributed by atoms with van der Waals surface area (Å²) in [7, 11) is 1.71. The third-order valence-electron chi connectivity index (χ3n) is 3.32. The van der Waals surface area contributed by atoms with Gasteiger partial charge in [-0.3, -0.25) is 9.79 Å². The molecular weight excluding hydrogens is 363 g/mol. The minimum atomic E-state index is -0.195. The van der Waals surface area contributed by atoms with Gasteiger partial charge in [-0.25, -0.2) is 0 Å². The molecule has 0 aliphatic heterocycles. The summed E-state index contributed by atoms with van der Waals surface area (Å²) in [5.74, 6) is 0.513. The predicted molar refractivity (Wildman–Crippen MR) is 104 cm³/mol. The van der Waals surface area contributed by atoms with E-state index in [1.165, 1.54) is 0 Å². The third-order valence-corrected chi connectivity index (χ3v) is 4.06. The molecule has 0 aliphatic rings. The number of nitrogens with one attached hydrogen (secondary N) is 3. The molecule has 0 aromatic heterocycles. The minimum absolute atomic E-state index is 0.195. The molecule has 140 valence electrons. The maximum atomic E-state index is 12.0. The summed E-state index contributed by atoms with van der Waals surface area (Å²) in [6, 6.07) is 4.80. The first-order valence-electron chi connectivity index (χ1n) is 8.34. The Morgan fingerprint density at radius 2 is 1.80 bits per heavy atom. The number of halogens is 2. The van der Waals surface area contributed by atoms with Gasteiger partial charge in [-0.05, 0) is 38.0 Å². The minimum Gasteiger partial charge on any atom is -0.382 e. The number of rotatable bonds is 10. The lowest BCUT2D eigenvalue weighted by molar-refractivity contribution is 0.0954. The number of nitrogens with zero attached hydrogens (tertiary/aromatic N) is 1. The zero-order chi connectivity index (χ0) is 18.5. The summed E-state index contributed by atoms with van der Waals surface area (Å²) in [6.07, 6.45) is 2.02. The molecule has 1 amide bonds. The molecule has 0 saturated carbocycles. The second kappa shape index (κ2) is 12.8. The van der Waals surface area contributed by atoms with E-state index in [-0.39, 0.29) is 5.91 Å². The van der Waals surface area contributed by atoms with Gasteiger partial charge in [0.1, 0.15) is 0 Å². The van der Waals surface area contributed by atoms with E-state index in [4.69, 9.17) is 27.9 Å². The van der Waals surface area contributed by atoms with Gasteiger partial charge >= 0.3 is 0 Å². The van der Waals surface area contributed by atoms with Crippen molar-refractivity contribution in [2.75, 3.05) is 39.9 Å². The monoisotopic (exact) mass is 388 g/mol. The van der Waals surface area contributed by atoms with E-state index in [0.29, 0.717) is 34.7 Å². The first-order chi connectivity index (χ1) is 12.1. The molecule has 0 saturated heterocycles. The topological polar surface area (TPSA) is 74.8 Å². The smallest absolute Gasteiger partial charge is 0.251 e. The van der Waals surface area contributed by atoms with Crippen molar-refractivity contribution in [3.8, 4) is 0 Å². The van der Waals surface area contributed by atoms with E-state index in [2.05, 4.69) is 20.9 Å². The zero-order valence-corrected chi connectivity index (χ0v) is 16.2. The Labute approximate surface area is 159 Å². The Bertz CT molecular complexity index is 568. The molecule has 1 aromatic carbocycles. The van der Waals surface area contributed by atoms with Crippen molar-refractivity contribution in [1.29, 1.82) is 0 Å². The number of ether oxygens (including phenoxy) is 1. The van der Waals surface area contributed by atoms with Gasteiger partial charge in [0, 0.05) is 45.5 Å². The van der Waals surface area contributed by atoms with Crippen LogP contribution in [0.1, 0.15) is 30.1 Å². The Morgan fingerprint density at radius 1 is 1.08 bits per heavy atom. The van der Waals surface area contributed by atoms with Crippen LogP contribution in [-0.4, -0.2) is 51.8 Å². The number of carbonyl (C=O) groups excluding carboxylic acids is 1. The second-order valence-electron chi connectivity index (χ2n) is 5.21. The van der Waals surface area contributed by atoms with E-state index in [1.54, 1.807) is 25.2 Å². The number of aliphatic imine (C=N–C) groups is 1. The molecule has 6 nitrogen and oxygen atoms in total. The molecule has 0 spiro atoms. The largest absolute Gasteiger partial charge is 0.382 e. The van der Waals surface area contributed by atoms with Crippen molar-refractivity contribution in [1.82, 2.24) is 16.0 Å². The Balaban J connectivity index is 2.20. The molecule has 25 heavy (non-hydrogen) atoms. The highest BCUT2D eigenvalue weighted by Gasteiger charge is 2.07. The standard InChI is InChI=1S/C17H26Cl2N4O2/c1-3-25-11-5-4-8-22-17(20-2)23-10-9-21-16(24)13-6-7-14(18)15(19)12-13/h6-7,12H,3-5,8-11H2,1-2H3,(H,21,24)(H2,20,22,23). The van der Waals surface area contributed by atoms with Crippen LogP contribution in [0.2, 0.25) is 10.0 Å².